The first kappa shape index (κ1) is 13.3. The van der Waals surface area contributed by atoms with E-state index in [1.54, 1.807) is 11.3 Å². The van der Waals surface area contributed by atoms with Crippen molar-refractivity contribution in [3.8, 4) is 0 Å². The van der Waals surface area contributed by atoms with Crippen LogP contribution in [0.1, 0.15) is 55.7 Å². The molecule has 0 fully saturated rings. The zero-order valence-corrected chi connectivity index (χ0v) is 11.5. The summed E-state index contributed by atoms with van der Waals surface area (Å²) in [7, 11) is 0. The molecule has 1 unspecified atom stereocenters. The Morgan fingerprint density at radius 1 is 1.27 bits per heavy atom. The zero-order chi connectivity index (χ0) is 11.1. The molecule has 15 heavy (non-hydrogen) atoms. The van der Waals surface area contributed by atoms with Crippen LogP contribution in [0.3, 0.4) is 0 Å². The summed E-state index contributed by atoms with van der Waals surface area (Å²) in [5.41, 5.74) is 0. The fourth-order valence-corrected chi connectivity index (χ4v) is 3.27. The minimum Gasteiger partial charge on any atom is -0.146 e. The van der Waals surface area contributed by atoms with Gasteiger partial charge in [0.15, 0.2) is 0 Å². The molecular formula is C12H18Cl2S. The van der Waals surface area contributed by atoms with E-state index in [4.69, 9.17) is 23.2 Å². The lowest BCUT2D eigenvalue weighted by molar-refractivity contribution is 0.603. The van der Waals surface area contributed by atoms with Gasteiger partial charge in [-0.25, -0.2) is 0 Å². The molecule has 0 saturated heterocycles. The third-order valence-electron chi connectivity index (χ3n) is 2.49. The standard InChI is InChI=1S/C12H18Cl2S/c1-2-3-4-5-6-7-10(13)12-11(14)8-9-15-12/h8-10H,2-7H2,1H3. The van der Waals surface area contributed by atoms with Crippen molar-refractivity contribution in [2.75, 3.05) is 0 Å². The molecule has 0 aromatic carbocycles. The van der Waals surface area contributed by atoms with Gasteiger partial charge < -0.3 is 0 Å². The summed E-state index contributed by atoms with van der Waals surface area (Å²) in [5, 5.41) is 2.94. The first-order valence-electron chi connectivity index (χ1n) is 5.62. The number of unbranched alkanes of at least 4 members (excludes halogenated alkanes) is 4. The second-order valence-corrected chi connectivity index (χ2v) is 5.68. The van der Waals surface area contributed by atoms with Gasteiger partial charge in [-0.3, -0.25) is 0 Å². The lowest BCUT2D eigenvalue weighted by atomic mass is 10.1. The molecule has 0 spiro atoms. The molecule has 0 amide bonds. The van der Waals surface area contributed by atoms with Gasteiger partial charge in [-0.1, -0.05) is 50.6 Å². The molecule has 0 aliphatic heterocycles. The lowest BCUT2D eigenvalue weighted by Crippen LogP contribution is -1.88. The predicted molar refractivity (Wildman–Crippen MR) is 71.3 cm³/mol. The molecule has 0 saturated carbocycles. The van der Waals surface area contributed by atoms with E-state index >= 15 is 0 Å². The highest BCUT2D eigenvalue weighted by Gasteiger charge is 2.12. The van der Waals surface area contributed by atoms with Gasteiger partial charge in [-0.15, -0.1) is 22.9 Å². The Morgan fingerprint density at radius 2 is 2.00 bits per heavy atom. The Kier molecular flexibility index (Phi) is 6.71. The predicted octanol–water partition coefficient (Wildman–Crippen LogP) is 6.04. The third-order valence-corrected chi connectivity index (χ3v) is 4.53. The Labute approximate surface area is 107 Å². The van der Waals surface area contributed by atoms with Gasteiger partial charge >= 0.3 is 0 Å². The summed E-state index contributed by atoms with van der Waals surface area (Å²) < 4.78 is 0. The molecule has 1 rings (SSSR count). The molecule has 0 bridgehead atoms. The van der Waals surface area contributed by atoms with Crippen LogP contribution in [0.5, 0.6) is 0 Å². The fourth-order valence-electron chi connectivity index (χ4n) is 1.59. The number of hydrogen-bond acceptors (Lipinski definition) is 1. The summed E-state index contributed by atoms with van der Waals surface area (Å²) in [6, 6.07) is 1.92. The Hall–Kier alpha value is 0.280. The molecule has 1 aromatic rings. The maximum Gasteiger partial charge on any atom is 0.0693 e. The van der Waals surface area contributed by atoms with E-state index < -0.39 is 0 Å². The Balaban J connectivity index is 2.19. The zero-order valence-electron chi connectivity index (χ0n) is 9.14. The summed E-state index contributed by atoms with van der Waals surface area (Å²) in [4.78, 5) is 1.13. The van der Waals surface area contributed by atoms with Crippen molar-refractivity contribution in [1.82, 2.24) is 0 Å². The van der Waals surface area contributed by atoms with E-state index in [1.807, 2.05) is 11.4 Å². The van der Waals surface area contributed by atoms with Gasteiger partial charge in [0.1, 0.15) is 0 Å². The van der Waals surface area contributed by atoms with Crippen molar-refractivity contribution in [2.45, 2.75) is 50.8 Å². The Morgan fingerprint density at radius 3 is 2.60 bits per heavy atom. The molecule has 1 aromatic heterocycles. The third kappa shape index (κ3) is 4.76. The number of halogens is 2. The summed E-state index contributed by atoms with van der Waals surface area (Å²) in [6.45, 7) is 2.23. The van der Waals surface area contributed by atoms with Gasteiger partial charge in [0, 0.05) is 4.88 Å². The lowest BCUT2D eigenvalue weighted by Gasteiger charge is -2.07. The van der Waals surface area contributed by atoms with E-state index in [0.717, 1.165) is 16.3 Å². The van der Waals surface area contributed by atoms with Gasteiger partial charge in [0.25, 0.3) is 0 Å². The number of hydrogen-bond donors (Lipinski definition) is 0. The molecule has 1 heterocycles. The number of rotatable bonds is 7. The second kappa shape index (κ2) is 7.54. The highest BCUT2D eigenvalue weighted by atomic mass is 35.5. The molecular weight excluding hydrogens is 247 g/mol. The highest BCUT2D eigenvalue weighted by molar-refractivity contribution is 7.11. The first-order valence-corrected chi connectivity index (χ1v) is 7.32. The topological polar surface area (TPSA) is 0 Å². The van der Waals surface area contributed by atoms with Crippen LogP contribution in [0.4, 0.5) is 0 Å². The van der Waals surface area contributed by atoms with Crippen molar-refractivity contribution in [1.29, 1.82) is 0 Å². The van der Waals surface area contributed by atoms with E-state index in [9.17, 15) is 0 Å². The average Bonchev–Trinajstić information content (AvgIpc) is 2.64. The quantitative estimate of drug-likeness (QED) is 0.416. The average molecular weight is 265 g/mol. The monoisotopic (exact) mass is 264 g/mol. The molecule has 0 N–H and O–H groups in total. The van der Waals surface area contributed by atoms with Crippen molar-refractivity contribution in [3.05, 3.63) is 21.3 Å². The molecule has 3 heteroatoms. The van der Waals surface area contributed by atoms with Crippen LogP contribution in [0.15, 0.2) is 11.4 Å². The summed E-state index contributed by atoms with van der Waals surface area (Å²) in [5.74, 6) is 0. The molecule has 0 nitrogen and oxygen atoms in total. The minimum atomic E-state index is 0.110. The largest absolute Gasteiger partial charge is 0.146 e. The maximum atomic E-state index is 6.29. The van der Waals surface area contributed by atoms with Crippen LogP contribution in [0, 0.1) is 0 Å². The van der Waals surface area contributed by atoms with Gasteiger partial charge in [-0.05, 0) is 17.9 Å². The van der Waals surface area contributed by atoms with Crippen LogP contribution in [-0.2, 0) is 0 Å². The summed E-state index contributed by atoms with van der Waals surface area (Å²) >= 11 is 14.0. The van der Waals surface area contributed by atoms with Crippen LogP contribution in [0.25, 0.3) is 0 Å². The second-order valence-electron chi connectivity index (χ2n) is 3.80. The fraction of sp³-hybridized carbons (Fsp3) is 0.667. The van der Waals surface area contributed by atoms with Crippen molar-refractivity contribution in [3.63, 3.8) is 0 Å². The molecule has 86 valence electrons. The molecule has 1 atom stereocenters. The summed E-state index contributed by atoms with van der Waals surface area (Å²) in [6.07, 6.45) is 7.51. The first-order chi connectivity index (χ1) is 7.25. The van der Waals surface area contributed by atoms with Crippen LogP contribution in [-0.4, -0.2) is 0 Å². The van der Waals surface area contributed by atoms with Crippen molar-refractivity contribution >= 4 is 34.5 Å². The van der Waals surface area contributed by atoms with E-state index in [-0.39, 0.29) is 5.38 Å². The van der Waals surface area contributed by atoms with Crippen molar-refractivity contribution < 1.29 is 0 Å². The normalized spacial score (nSPS) is 13.0. The molecule has 0 aliphatic carbocycles. The van der Waals surface area contributed by atoms with Crippen LogP contribution >= 0.6 is 34.5 Å². The van der Waals surface area contributed by atoms with Gasteiger partial charge in [0.2, 0.25) is 0 Å². The smallest absolute Gasteiger partial charge is 0.0693 e. The van der Waals surface area contributed by atoms with E-state index in [1.165, 1.54) is 32.1 Å². The number of alkyl halides is 1. The SMILES string of the molecule is CCCCCCCC(Cl)c1sccc1Cl. The van der Waals surface area contributed by atoms with Gasteiger partial charge in [0.05, 0.1) is 10.4 Å². The molecule has 0 radical (unpaired) electrons. The van der Waals surface area contributed by atoms with E-state index in [0.29, 0.717) is 0 Å². The minimum absolute atomic E-state index is 0.110. The van der Waals surface area contributed by atoms with Crippen LogP contribution < -0.4 is 0 Å². The van der Waals surface area contributed by atoms with Crippen molar-refractivity contribution in [2.24, 2.45) is 0 Å². The molecule has 0 aliphatic rings. The van der Waals surface area contributed by atoms with E-state index in [2.05, 4.69) is 6.92 Å². The van der Waals surface area contributed by atoms with Gasteiger partial charge in [-0.2, -0.15) is 0 Å². The number of thiophene rings is 1. The highest BCUT2D eigenvalue weighted by Crippen LogP contribution is 2.35. The Bertz CT molecular complexity index is 270. The van der Waals surface area contributed by atoms with Crippen LogP contribution in [0.2, 0.25) is 5.02 Å². The maximum absolute atomic E-state index is 6.29.